The van der Waals surface area contributed by atoms with Crippen molar-refractivity contribution in [1.29, 1.82) is 0 Å². The lowest BCUT2D eigenvalue weighted by molar-refractivity contribution is -0.117. The zero-order valence-electron chi connectivity index (χ0n) is 14.9. The quantitative estimate of drug-likeness (QED) is 0.833. The first-order chi connectivity index (χ1) is 12.0. The van der Waals surface area contributed by atoms with Gasteiger partial charge in [-0.25, -0.2) is 0 Å². The molecule has 132 valence electrons. The average molecular weight is 340 g/mol. The van der Waals surface area contributed by atoms with Crippen molar-refractivity contribution < 1.29 is 14.3 Å². The normalized spacial score (nSPS) is 10.4. The summed E-state index contributed by atoms with van der Waals surface area (Å²) in [5.41, 5.74) is 1.42. The van der Waals surface area contributed by atoms with Crippen molar-refractivity contribution in [2.75, 3.05) is 16.8 Å². The summed E-state index contributed by atoms with van der Waals surface area (Å²) in [7, 11) is 0. The molecule has 0 saturated heterocycles. The summed E-state index contributed by atoms with van der Waals surface area (Å²) in [5, 5.41) is 2.83. The summed E-state index contributed by atoms with van der Waals surface area (Å²) in [6.07, 6.45) is 0.196. The van der Waals surface area contributed by atoms with Crippen LogP contribution >= 0.6 is 0 Å². The predicted octanol–water partition coefficient (Wildman–Crippen LogP) is 3.86. The maximum Gasteiger partial charge on any atom is 0.226 e. The second kappa shape index (κ2) is 8.87. The number of benzene rings is 2. The van der Waals surface area contributed by atoms with Gasteiger partial charge in [-0.15, -0.1) is 0 Å². The second-order valence-corrected chi connectivity index (χ2v) is 5.97. The number of nitrogens with zero attached hydrogens (tertiary/aromatic N) is 1. The third-order valence-electron chi connectivity index (χ3n) is 3.52. The minimum absolute atomic E-state index is 0.00339. The van der Waals surface area contributed by atoms with Crippen LogP contribution in [0.5, 0.6) is 5.75 Å². The number of anilines is 2. The molecule has 0 aliphatic heterocycles. The van der Waals surface area contributed by atoms with Gasteiger partial charge in [0, 0.05) is 25.6 Å². The monoisotopic (exact) mass is 340 g/mol. The van der Waals surface area contributed by atoms with Gasteiger partial charge in [-0.1, -0.05) is 30.3 Å². The smallest absolute Gasteiger partial charge is 0.226 e. The van der Waals surface area contributed by atoms with Crippen LogP contribution in [0.2, 0.25) is 0 Å². The Bertz CT molecular complexity index is 714. The van der Waals surface area contributed by atoms with Crippen LogP contribution < -0.4 is 15.0 Å². The summed E-state index contributed by atoms with van der Waals surface area (Å²) in [6.45, 7) is 5.64. The first-order valence-electron chi connectivity index (χ1n) is 8.36. The predicted molar refractivity (Wildman–Crippen MR) is 99.9 cm³/mol. The average Bonchev–Trinajstić information content (AvgIpc) is 2.56. The van der Waals surface area contributed by atoms with Gasteiger partial charge in [0.25, 0.3) is 0 Å². The molecule has 0 aliphatic carbocycles. The van der Waals surface area contributed by atoms with E-state index in [2.05, 4.69) is 5.32 Å². The Hall–Kier alpha value is -2.82. The van der Waals surface area contributed by atoms with E-state index in [1.54, 1.807) is 4.90 Å². The largest absolute Gasteiger partial charge is 0.489 e. The Labute approximate surface area is 148 Å². The van der Waals surface area contributed by atoms with Crippen molar-refractivity contribution in [2.24, 2.45) is 0 Å². The molecule has 2 aromatic rings. The Morgan fingerprint density at radius 1 is 1.04 bits per heavy atom. The summed E-state index contributed by atoms with van der Waals surface area (Å²) in [5.74, 6) is 0.364. The van der Waals surface area contributed by atoms with Crippen molar-refractivity contribution in [3.8, 4) is 5.75 Å². The second-order valence-electron chi connectivity index (χ2n) is 5.97. The number of amides is 2. The molecule has 0 radical (unpaired) electrons. The summed E-state index contributed by atoms with van der Waals surface area (Å²) in [4.78, 5) is 25.8. The van der Waals surface area contributed by atoms with Gasteiger partial charge in [0.1, 0.15) is 5.75 Å². The maximum absolute atomic E-state index is 12.2. The Balaban J connectivity index is 2.06. The van der Waals surface area contributed by atoms with Gasteiger partial charge in [0.05, 0.1) is 11.8 Å². The number of nitrogens with one attached hydrogen (secondary N) is 1. The number of hydrogen-bond acceptors (Lipinski definition) is 3. The van der Waals surface area contributed by atoms with E-state index in [1.165, 1.54) is 6.92 Å². The number of rotatable bonds is 7. The molecule has 5 nitrogen and oxygen atoms in total. The molecule has 1 N–H and O–H groups in total. The molecule has 25 heavy (non-hydrogen) atoms. The van der Waals surface area contributed by atoms with Crippen molar-refractivity contribution in [3.63, 3.8) is 0 Å². The van der Waals surface area contributed by atoms with E-state index in [4.69, 9.17) is 4.74 Å². The lowest BCUT2D eigenvalue weighted by Gasteiger charge is -2.24. The zero-order chi connectivity index (χ0) is 18.2. The minimum atomic E-state index is -0.139. The molecule has 0 saturated carbocycles. The molecule has 0 aromatic heterocycles. The van der Waals surface area contributed by atoms with Gasteiger partial charge in [-0.05, 0) is 38.1 Å². The fourth-order valence-electron chi connectivity index (χ4n) is 2.44. The van der Waals surface area contributed by atoms with E-state index in [0.29, 0.717) is 11.4 Å². The van der Waals surface area contributed by atoms with Crippen LogP contribution in [-0.4, -0.2) is 24.5 Å². The summed E-state index contributed by atoms with van der Waals surface area (Å²) < 4.78 is 5.78. The van der Waals surface area contributed by atoms with Crippen LogP contribution in [0.3, 0.4) is 0 Å². The lowest BCUT2D eigenvalue weighted by Crippen LogP contribution is -2.32. The molecule has 2 rings (SSSR count). The molecule has 5 heteroatoms. The molecule has 0 fully saturated rings. The number of ether oxygens (including phenoxy) is 1. The van der Waals surface area contributed by atoms with Gasteiger partial charge in [-0.3, -0.25) is 9.59 Å². The highest BCUT2D eigenvalue weighted by Crippen LogP contribution is 2.29. The summed E-state index contributed by atoms with van der Waals surface area (Å²) in [6, 6.07) is 16.6. The van der Waals surface area contributed by atoms with Crippen molar-refractivity contribution >= 4 is 23.2 Å². The topological polar surface area (TPSA) is 58.6 Å². The molecular weight excluding hydrogens is 316 g/mol. The number of carbonyl (C=O) groups is 2. The van der Waals surface area contributed by atoms with E-state index >= 15 is 0 Å². The van der Waals surface area contributed by atoms with Crippen LogP contribution in [0.25, 0.3) is 0 Å². The van der Waals surface area contributed by atoms with Gasteiger partial charge < -0.3 is 15.0 Å². The van der Waals surface area contributed by atoms with Crippen LogP contribution in [0, 0.1) is 0 Å². The number of carbonyl (C=O) groups excluding carboxylic acids is 2. The highest BCUT2D eigenvalue weighted by molar-refractivity contribution is 5.95. The lowest BCUT2D eigenvalue weighted by atomic mass is 10.2. The highest BCUT2D eigenvalue weighted by atomic mass is 16.5. The fourth-order valence-corrected chi connectivity index (χ4v) is 2.44. The SMILES string of the molecule is CC(=O)N(CCC(=O)Nc1ccccc1)c1ccccc1OC(C)C. The number of para-hydroxylation sites is 3. The zero-order valence-corrected chi connectivity index (χ0v) is 14.9. The Kier molecular flexibility index (Phi) is 6.57. The van der Waals surface area contributed by atoms with E-state index in [0.717, 1.165) is 5.69 Å². The van der Waals surface area contributed by atoms with E-state index < -0.39 is 0 Å². The molecule has 0 atom stereocenters. The van der Waals surface area contributed by atoms with Gasteiger partial charge in [-0.2, -0.15) is 0 Å². The van der Waals surface area contributed by atoms with Crippen LogP contribution in [0.15, 0.2) is 54.6 Å². The van der Waals surface area contributed by atoms with Crippen molar-refractivity contribution in [1.82, 2.24) is 0 Å². The van der Waals surface area contributed by atoms with E-state index in [1.807, 2.05) is 68.4 Å². The van der Waals surface area contributed by atoms with Gasteiger partial charge >= 0.3 is 0 Å². The van der Waals surface area contributed by atoms with Crippen LogP contribution in [0.1, 0.15) is 27.2 Å². The van der Waals surface area contributed by atoms with E-state index in [9.17, 15) is 9.59 Å². The first kappa shape index (κ1) is 18.5. The van der Waals surface area contributed by atoms with Crippen LogP contribution in [0.4, 0.5) is 11.4 Å². The molecular formula is C20H24N2O3. The Morgan fingerprint density at radius 3 is 2.32 bits per heavy atom. The third-order valence-corrected chi connectivity index (χ3v) is 3.52. The summed E-state index contributed by atoms with van der Waals surface area (Å²) >= 11 is 0. The molecule has 2 amide bonds. The highest BCUT2D eigenvalue weighted by Gasteiger charge is 2.18. The Morgan fingerprint density at radius 2 is 1.68 bits per heavy atom. The molecule has 0 heterocycles. The number of hydrogen-bond donors (Lipinski definition) is 1. The molecule has 0 aliphatic rings. The van der Waals surface area contributed by atoms with Gasteiger partial charge in [0.15, 0.2) is 0 Å². The maximum atomic E-state index is 12.2. The standard InChI is InChI=1S/C20H24N2O3/c1-15(2)25-19-12-8-7-11-18(19)22(16(3)23)14-13-20(24)21-17-9-5-4-6-10-17/h4-12,15H,13-14H2,1-3H3,(H,21,24). The molecule has 2 aromatic carbocycles. The molecule has 0 bridgehead atoms. The van der Waals surface area contributed by atoms with Crippen molar-refractivity contribution in [3.05, 3.63) is 54.6 Å². The van der Waals surface area contributed by atoms with Gasteiger partial charge in [0.2, 0.25) is 11.8 Å². The van der Waals surface area contributed by atoms with Crippen molar-refractivity contribution in [2.45, 2.75) is 33.3 Å². The third kappa shape index (κ3) is 5.64. The molecule has 0 spiro atoms. The van der Waals surface area contributed by atoms with Crippen LogP contribution in [-0.2, 0) is 9.59 Å². The fraction of sp³-hybridized carbons (Fsp3) is 0.300. The first-order valence-corrected chi connectivity index (χ1v) is 8.36. The molecule has 0 unspecified atom stereocenters. The van der Waals surface area contributed by atoms with E-state index in [-0.39, 0.29) is 30.9 Å². The minimum Gasteiger partial charge on any atom is -0.489 e.